The number of carbonyl (C=O) groups is 1. The Morgan fingerprint density at radius 3 is 2.57 bits per heavy atom. The van der Waals surface area contributed by atoms with Gasteiger partial charge in [0.2, 0.25) is 0 Å². The molecular weight excluding hydrogens is 186 g/mol. The Labute approximate surface area is 81.3 Å². The average Bonchev–Trinajstić information content (AvgIpc) is 2.17. The van der Waals surface area contributed by atoms with E-state index < -0.39 is 6.09 Å². The Morgan fingerprint density at radius 1 is 1.36 bits per heavy atom. The van der Waals surface area contributed by atoms with Gasteiger partial charge in [0.1, 0.15) is 17.6 Å². The van der Waals surface area contributed by atoms with E-state index in [1.54, 1.807) is 12.1 Å². The second-order valence-electron chi connectivity index (χ2n) is 2.48. The lowest BCUT2D eigenvalue weighted by atomic mass is 10.3. The van der Waals surface area contributed by atoms with Crippen LogP contribution in [0.4, 0.5) is 10.5 Å². The summed E-state index contributed by atoms with van der Waals surface area (Å²) in [4.78, 5) is 10.3. The molecule has 0 atom stereocenters. The summed E-state index contributed by atoms with van der Waals surface area (Å²) in [5, 5.41) is 12.4. The molecule has 0 spiro atoms. The molecule has 0 radical (unpaired) electrons. The fraction of sp³-hybridized carbons (Fsp3) is 0.222. The highest BCUT2D eigenvalue weighted by atomic mass is 16.5. The highest BCUT2D eigenvalue weighted by Crippen LogP contribution is 2.28. The minimum atomic E-state index is -1.38. The van der Waals surface area contributed by atoms with Crippen molar-refractivity contribution in [1.82, 2.24) is 0 Å². The highest BCUT2D eigenvalue weighted by molar-refractivity contribution is 5.83. The number of hydrogen-bond acceptors (Lipinski definition) is 4. The monoisotopic (exact) mass is 196 g/mol. The molecule has 14 heavy (non-hydrogen) atoms. The van der Waals surface area contributed by atoms with E-state index in [4.69, 9.17) is 9.47 Å². The van der Waals surface area contributed by atoms with Gasteiger partial charge in [-0.25, -0.2) is 0 Å². The maximum atomic E-state index is 10.3. The van der Waals surface area contributed by atoms with E-state index in [1.165, 1.54) is 20.3 Å². The molecule has 0 bridgehead atoms. The van der Waals surface area contributed by atoms with E-state index in [0.29, 0.717) is 17.2 Å². The Morgan fingerprint density at radius 2 is 2.07 bits per heavy atom. The number of hydrogen-bond donors (Lipinski definition) is 1. The molecule has 0 saturated heterocycles. The fourth-order valence-corrected chi connectivity index (χ4v) is 1.01. The van der Waals surface area contributed by atoms with Crippen LogP contribution in [0.25, 0.3) is 0 Å². The van der Waals surface area contributed by atoms with Crippen molar-refractivity contribution in [2.45, 2.75) is 0 Å². The highest BCUT2D eigenvalue weighted by Gasteiger charge is 2.03. The lowest BCUT2D eigenvalue weighted by Gasteiger charge is -2.12. The van der Waals surface area contributed by atoms with Gasteiger partial charge < -0.3 is 24.7 Å². The number of nitrogens with one attached hydrogen (secondary N) is 1. The average molecular weight is 196 g/mol. The van der Waals surface area contributed by atoms with E-state index in [-0.39, 0.29) is 0 Å². The molecule has 1 aromatic rings. The number of ether oxygens (including phenoxy) is 2. The van der Waals surface area contributed by atoms with Crippen molar-refractivity contribution in [3.63, 3.8) is 0 Å². The molecule has 1 rings (SSSR count). The topological polar surface area (TPSA) is 70.6 Å². The van der Waals surface area contributed by atoms with Crippen molar-refractivity contribution in [2.75, 3.05) is 19.5 Å². The number of carboxylic acid groups (broad SMARTS) is 1. The van der Waals surface area contributed by atoms with Crippen molar-refractivity contribution in [2.24, 2.45) is 0 Å². The van der Waals surface area contributed by atoms with Crippen molar-refractivity contribution < 1.29 is 19.4 Å². The number of amides is 1. The molecule has 0 saturated carbocycles. The lowest BCUT2D eigenvalue weighted by Crippen LogP contribution is -2.28. The maximum Gasteiger partial charge on any atom is 0.146 e. The van der Waals surface area contributed by atoms with Crippen LogP contribution in [0.1, 0.15) is 0 Å². The van der Waals surface area contributed by atoms with E-state index >= 15 is 0 Å². The summed E-state index contributed by atoms with van der Waals surface area (Å²) < 4.78 is 9.90. The third kappa shape index (κ3) is 2.29. The molecule has 0 heterocycles. The van der Waals surface area contributed by atoms with E-state index in [9.17, 15) is 9.90 Å². The van der Waals surface area contributed by atoms with E-state index in [2.05, 4.69) is 5.32 Å². The van der Waals surface area contributed by atoms with Gasteiger partial charge in [0, 0.05) is 6.07 Å². The molecule has 0 aliphatic carbocycles. The molecule has 0 aromatic heterocycles. The zero-order valence-electron chi connectivity index (χ0n) is 7.87. The number of methoxy groups -OCH3 is 2. The Bertz CT molecular complexity index is 338. The summed E-state index contributed by atoms with van der Waals surface area (Å²) in [5.41, 5.74) is 0.327. The molecule has 0 fully saturated rings. The minimum absolute atomic E-state index is 0.327. The molecule has 76 valence electrons. The first-order chi connectivity index (χ1) is 6.67. The smallest absolute Gasteiger partial charge is 0.146 e. The van der Waals surface area contributed by atoms with Crippen LogP contribution in [0, 0.1) is 0 Å². The van der Waals surface area contributed by atoms with Crippen LogP contribution < -0.4 is 19.9 Å². The molecule has 0 aliphatic rings. The fourth-order valence-electron chi connectivity index (χ4n) is 1.01. The van der Waals surface area contributed by atoms with Gasteiger partial charge in [0.25, 0.3) is 0 Å². The zero-order chi connectivity index (χ0) is 10.6. The lowest BCUT2D eigenvalue weighted by molar-refractivity contribution is -0.242. The van der Waals surface area contributed by atoms with Gasteiger partial charge in [0.05, 0.1) is 19.9 Å². The zero-order valence-corrected chi connectivity index (χ0v) is 7.87. The summed E-state index contributed by atoms with van der Waals surface area (Å²) in [6, 6.07) is 4.73. The molecule has 5 nitrogen and oxygen atoms in total. The molecule has 1 N–H and O–H groups in total. The van der Waals surface area contributed by atoms with E-state index in [1.807, 2.05) is 0 Å². The standard InChI is InChI=1S/C9H11NO4/c1-13-6-3-4-7(10-9(11)12)8(5-6)14-2/h3-5,10H,1-2H3,(H,11,12)/p-1. The van der Waals surface area contributed by atoms with Crippen molar-refractivity contribution >= 4 is 11.8 Å². The van der Waals surface area contributed by atoms with Crippen molar-refractivity contribution in [3.8, 4) is 11.5 Å². The molecular formula is C9H10NO4-. The van der Waals surface area contributed by atoms with Gasteiger partial charge in [-0.1, -0.05) is 0 Å². The Kier molecular flexibility index (Phi) is 3.17. The first kappa shape index (κ1) is 10.2. The summed E-state index contributed by atoms with van der Waals surface area (Å²) in [5.74, 6) is 0.972. The van der Waals surface area contributed by atoms with Crippen LogP contribution >= 0.6 is 0 Å². The SMILES string of the molecule is COc1ccc(NC(=O)[O-])c(OC)c1. The Hall–Kier alpha value is -1.91. The van der Waals surface area contributed by atoms with Gasteiger partial charge in [-0.05, 0) is 12.1 Å². The normalized spacial score (nSPS) is 9.29. The van der Waals surface area contributed by atoms with Crippen molar-refractivity contribution in [1.29, 1.82) is 0 Å². The van der Waals surface area contributed by atoms with Crippen LogP contribution in [0.5, 0.6) is 11.5 Å². The number of anilines is 1. The summed E-state index contributed by atoms with van der Waals surface area (Å²) >= 11 is 0. The predicted octanol–water partition coefficient (Wildman–Crippen LogP) is 0.459. The first-order valence-electron chi connectivity index (χ1n) is 3.87. The van der Waals surface area contributed by atoms with Gasteiger partial charge in [-0.2, -0.15) is 0 Å². The van der Waals surface area contributed by atoms with E-state index in [0.717, 1.165) is 0 Å². The number of benzene rings is 1. The third-order valence-corrected chi connectivity index (χ3v) is 1.65. The van der Waals surface area contributed by atoms with Crippen LogP contribution in [0.2, 0.25) is 0 Å². The number of rotatable bonds is 3. The molecule has 0 unspecified atom stereocenters. The summed E-state index contributed by atoms with van der Waals surface area (Å²) in [6.45, 7) is 0. The van der Waals surface area contributed by atoms with Crippen LogP contribution in [0.3, 0.4) is 0 Å². The van der Waals surface area contributed by atoms with Crippen LogP contribution in [-0.2, 0) is 0 Å². The Balaban J connectivity index is 2.98. The molecule has 0 aliphatic heterocycles. The van der Waals surface area contributed by atoms with Gasteiger partial charge >= 0.3 is 0 Å². The predicted molar refractivity (Wildman–Crippen MR) is 48.6 cm³/mol. The van der Waals surface area contributed by atoms with Crippen molar-refractivity contribution in [3.05, 3.63) is 18.2 Å². The summed E-state index contributed by atoms with van der Waals surface area (Å²) in [6.07, 6.45) is -1.38. The van der Waals surface area contributed by atoms with Gasteiger partial charge in [-0.3, -0.25) is 0 Å². The number of carbonyl (C=O) groups excluding carboxylic acids is 1. The largest absolute Gasteiger partial charge is 0.530 e. The second-order valence-corrected chi connectivity index (χ2v) is 2.48. The first-order valence-corrected chi connectivity index (χ1v) is 3.87. The third-order valence-electron chi connectivity index (χ3n) is 1.65. The summed E-state index contributed by atoms with van der Waals surface area (Å²) in [7, 11) is 2.95. The quantitative estimate of drug-likeness (QED) is 0.762. The maximum absolute atomic E-state index is 10.3. The minimum Gasteiger partial charge on any atom is -0.530 e. The molecule has 1 amide bonds. The molecule has 5 heteroatoms. The van der Waals surface area contributed by atoms with Gasteiger partial charge in [0.15, 0.2) is 0 Å². The van der Waals surface area contributed by atoms with Gasteiger partial charge in [-0.15, -0.1) is 0 Å². The molecule has 1 aromatic carbocycles. The van der Waals surface area contributed by atoms with Crippen LogP contribution in [0.15, 0.2) is 18.2 Å². The van der Waals surface area contributed by atoms with Crippen LogP contribution in [-0.4, -0.2) is 20.3 Å². The second kappa shape index (κ2) is 4.36.